The van der Waals surface area contributed by atoms with Gasteiger partial charge in [-0.3, -0.25) is 14.4 Å². The molecule has 4 bridgehead atoms. The van der Waals surface area contributed by atoms with Gasteiger partial charge in [0.2, 0.25) is 0 Å². The number of esters is 1. The number of nitrogens with zero attached hydrogens (tertiary/aromatic N) is 1. The average molecular weight is 778 g/mol. The number of benzene rings is 3. The lowest BCUT2D eigenvalue weighted by atomic mass is 9.64. The van der Waals surface area contributed by atoms with Gasteiger partial charge in [-0.15, -0.1) is 0 Å². The third-order valence-corrected chi connectivity index (χ3v) is 15.0. The van der Waals surface area contributed by atoms with Crippen molar-refractivity contribution in [1.29, 1.82) is 0 Å². The molecule has 1 aliphatic heterocycles. The zero-order valence-electron chi connectivity index (χ0n) is 34.7. The Labute approximate surface area is 337 Å². The number of hydrogen-bond donors (Lipinski definition) is 2. The molecule has 8 rings (SSSR count). The van der Waals surface area contributed by atoms with Crippen LogP contribution in [-0.4, -0.2) is 70.8 Å². The number of aliphatic hydroxyl groups excluding tert-OH is 1. The van der Waals surface area contributed by atoms with Crippen LogP contribution in [-0.2, 0) is 27.3 Å². The molecule has 3 aromatic carbocycles. The molecule has 2 N–H and O–H groups in total. The summed E-state index contributed by atoms with van der Waals surface area (Å²) in [7, 11) is 3.16. The van der Waals surface area contributed by atoms with Gasteiger partial charge in [-0.05, 0) is 107 Å². The first kappa shape index (κ1) is 40.7. The predicted octanol–water partition coefficient (Wildman–Crippen LogP) is 8.12. The van der Waals surface area contributed by atoms with Crippen LogP contribution in [0.15, 0.2) is 78.4 Å². The molecule has 9 nitrogen and oxygen atoms in total. The summed E-state index contributed by atoms with van der Waals surface area (Å²) in [6, 6.07) is 20.7. The Kier molecular flexibility index (Phi) is 10.7. The molecule has 3 aromatic rings. The summed E-state index contributed by atoms with van der Waals surface area (Å²) >= 11 is 0. The normalized spacial score (nSPS) is 30.5. The number of carbonyl (C=O) groups is 3. The van der Waals surface area contributed by atoms with Crippen molar-refractivity contribution in [2.45, 2.75) is 122 Å². The molecule has 9 heteroatoms. The van der Waals surface area contributed by atoms with E-state index in [1.54, 1.807) is 25.2 Å². The monoisotopic (exact) mass is 777 g/mol. The fourth-order valence-electron chi connectivity index (χ4n) is 10.6. The average Bonchev–Trinajstić information content (AvgIpc) is 3.63. The van der Waals surface area contributed by atoms with Crippen LogP contribution in [0.1, 0.15) is 125 Å². The van der Waals surface area contributed by atoms with E-state index in [0.29, 0.717) is 74.0 Å². The van der Waals surface area contributed by atoms with Gasteiger partial charge in [-0.1, -0.05) is 74.9 Å². The fraction of sp³-hybridized carbons (Fsp3) is 0.521. The van der Waals surface area contributed by atoms with Gasteiger partial charge in [0.1, 0.15) is 11.5 Å². The number of amides is 1. The highest BCUT2D eigenvalue weighted by molar-refractivity contribution is 6.10. The predicted molar refractivity (Wildman–Crippen MR) is 218 cm³/mol. The second-order valence-corrected chi connectivity index (χ2v) is 18.2. The van der Waals surface area contributed by atoms with E-state index in [2.05, 4.69) is 19.9 Å². The van der Waals surface area contributed by atoms with Gasteiger partial charge in [0.15, 0.2) is 11.4 Å². The Morgan fingerprint density at radius 1 is 0.912 bits per heavy atom. The first-order chi connectivity index (χ1) is 27.0. The van der Waals surface area contributed by atoms with Gasteiger partial charge in [0.25, 0.3) is 5.91 Å². The molecule has 0 aromatic heterocycles. The molecular weight excluding hydrogens is 719 g/mol. The zero-order chi connectivity index (χ0) is 41.0. The van der Waals surface area contributed by atoms with Crippen molar-refractivity contribution < 1.29 is 38.8 Å². The van der Waals surface area contributed by atoms with E-state index in [1.165, 1.54) is 5.57 Å². The van der Waals surface area contributed by atoms with Crippen LogP contribution in [0.2, 0.25) is 0 Å². The van der Waals surface area contributed by atoms with Crippen molar-refractivity contribution in [2.75, 3.05) is 20.8 Å². The highest BCUT2D eigenvalue weighted by Crippen LogP contribution is 2.66. The van der Waals surface area contributed by atoms with Crippen LogP contribution >= 0.6 is 0 Å². The second kappa shape index (κ2) is 15.0. The first-order valence-electron chi connectivity index (χ1n) is 20.5. The van der Waals surface area contributed by atoms with Crippen molar-refractivity contribution in [3.05, 3.63) is 106 Å². The molecule has 1 heterocycles. The van der Waals surface area contributed by atoms with Crippen molar-refractivity contribution in [3.63, 3.8) is 0 Å². The number of aliphatic hydroxyl groups is 2. The van der Waals surface area contributed by atoms with E-state index in [1.807, 2.05) is 81.4 Å². The largest absolute Gasteiger partial charge is 0.497 e. The Morgan fingerprint density at radius 2 is 1.67 bits per heavy atom. The van der Waals surface area contributed by atoms with Crippen molar-refractivity contribution in [3.8, 4) is 11.5 Å². The van der Waals surface area contributed by atoms with E-state index >= 15 is 4.79 Å². The minimum absolute atomic E-state index is 0.0188. The Morgan fingerprint density at radius 3 is 2.33 bits per heavy atom. The van der Waals surface area contributed by atoms with Crippen molar-refractivity contribution in [1.82, 2.24) is 4.90 Å². The number of ether oxygens (including phenoxy) is 3. The van der Waals surface area contributed by atoms with Gasteiger partial charge in [-0.25, -0.2) is 0 Å². The van der Waals surface area contributed by atoms with Crippen LogP contribution in [0.3, 0.4) is 0 Å². The fourth-order valence-corrected chi connectivity index (χ4v) is 10.6. The minimum atomic E-state index is -1.40. The highest BCUT2D eigenvalue weighted by atomic mass is 16.6. The number of allylic oxidation sites excluding steroid dienone is 2. The molecule has 0 radical (unpaired) electrons. The zero-order valence-corrected chi connectivity index (χ0v) is 34.7. The summed E-state index contributed by atoms with van der Waals surface area (Å²) in [5.41, 5.74) is -0.389. The van der Waals surface area contributed by atoms with Crippen molar-refractivity contribution >= 4 is 17.7 Å². The molecule has 1 amide bonds. The number of methoxy groups -OCH3 is 2. The summed E-state index contributed by atoms with van der Waals surface area (Å²) in [6.07, 6.45) is 6.59. The van der Waals surface area contributed by atoms with E-state index < -0.39 is 33.6 Å². The lowest BCUT2D eigenvalue weighted by Crippen LogP contribution is -2.60. The Balaban J connectivity index is 1.34. The van der Waals surface area contributed by atoms with Crippen LogP contribution in [0.4, 0.5) is 0 Å². The summed E-state index contributed by atoms with van der Waals surface area (Å²) in [6.45, 7) is 10.1. The number of carbonyl (C=O) groups excluding carboxylic acids is 3. The maximum atomic E-state index is 15.4. The van der Waals surface area contributed by atoms with Gasteiger partial charge in [0.05, 0.1) is 37.9 Å². The van der Waals surface area contributed by atoms with Gasteiger partial charge < -0.3 is 29.3 Å². The lowest BCUT2D eigenvalue weighted by Gasteiger charge is -2.47. The SMILES string of the molecule is COc1ccc(CN(C[C@]2(O)CC[C@H]3c4ccc(cc4C(=O)c4ccccc4)C[C@@H](O)CCC(C)=CCC[C@@]32C)C(=O)[C@@]23CC[C@@](C)(C(=O)O2)C3(C)C)c(OC)c1. The molecule has 0 unspecified atom stereocenters. The second-order valence-electron chi connectivity index (χ2n) is 18.2. The third kappa shape index (κ3) is 6.68. The lowest BCUT2D eigenvalue weighted by molar-refractivity contribution is -0.178. The van der Waals surface area contributed by atoms with Crippen LogP contribution in [0.5, 0.6) is 11.5 Å². The molecule has 4 aliphatic carbocycles. The minimum Gasteiger partial charge on any atom is -0.497 e. The number of rotatable bonds is 9. The van der Waals surface area contributed by atoms with Gasteiger partial charge in [-0.2, -0.15) is 0 Å². The molecule has 0 spiro atoms. The van der Waals surface area contributed by atoms with E-state index in [-0.39, 0.29) is 36.7 Å². The highest BCUT2D eigenvalue weighted by Gasteiger charge is 2.76. The van der Waals surface area contributed by atoms with Crippen LogP contribution in [0.25, 0.3) is 0 Å². The molecule has 2 saturated carbocycles. The topological polar surface area (TPSA) is 123 Å². The quantitative estimate of drug-likeness (QED) is 0.127. The summed E-state index contributed by atoms with van der Waals surface area (Å²) in [5, 5.41) is 24.4. The number of ketones is 1. The molecule has 5 aliphatic rings. The third-order valence-electron chi connectivity index (χ3n) is 15.0. The summed E-state index contributed by atoms with van der Waals surface area (Å²) in [4.78, 5) is 45.0. The van der Waals surface area contributed by atoms with Gasteiger partial charge in [0, 0.05) is 40.1 Å². The van der Waals surface area contributed by atoms with Crippen LogP contribution in [0, 0.1) is 16.2 Å². The van der Waals surface area contributed by atoms with Crippen LogP contribution < -0.4 is 9.47 Å². The molecule has 6 atom stereocenters. The summed E-state index contributed by atoms with van der Waals surface area (Å²) in [5.74, 6) is 0.139. The molecule has 3 fully saturated rings. The molecule has 304 valence electrons. The smallest absolute Gasteiger partial charge is 0.313 e. The maximum Gasteiger partial charge on any atom is 0.313 e. The number of hydrogen-bond acceptors (Lipinski definition) is 8. The molecule has 1 saturated heterocycles. The number of fused-ring (bicyclic) bond motifs is 10. The maximum absolute atomic E-state index is 15.4. The molecular formula is C48H59NO8. The first-order valence-corrected chi connectivity index (χ1v) is 20.5. The standard InChI is InChI=1S/C48H59NO8/c1-31-12-11-22-45(4)39(37-20-16-32(26-35(50)18-15-31)27-38(37)41(51)33-13-9-8-10-14-33)21-23-47(45,54)30-49(29-34-17-19-36(55-6)28-40(34)56-7)42(52)48-25-24-46(5,43(53)57-48)44(48,2)3/h8-10,12-14,16-17,19-20,27-28,35,39,50,54H,11,15,18,21-26,29-30H2,1-7H3/t35-,39-,45-,46-,47+,48+/m0/s1. The summed E-state index contributed by atoms with van der Waals surface area (Å²) < 4.78 is 17.5. The van der Waals surface area contributed by atoms with Gasteiger partial charge >= 0.3 is 5.97 Å². The Bertz CT molecular complexity index is 2080. The molecule has 57 heavy (non-hydrogen) atoms. The van der Waals surface area contributed by atoms with E-state index in [9.17, 15) is 19.8 Å². The van der Waals surface area contributed by atoms with E-state index in [0.717, 1.165) is 23.1 Å². The van der Waals surface area contributed by atoms with Crippen molar-refractivity contribution in [2.24, 2.45) is 16.2 Å². The van der Waals surface area contributed by atoms with E-state index in [4.69, 9.17) is 14.2 Å². The Hall–Kier alpha value is -4.47.